The van der Waals surface area contributed by atoms with E-state index in [2.05, 4.69) is 0 Å². The number of hydrogen-bond acceptors (Lipinski definition) is 2. The molecule has 0 aromatic carbocycles. The molecule has 1 saturated heterocycles. The van der Waals surface area contributed by atoms with Crippen LogP contribution >= 0.6 is 0 Å². The predicted octanol–water partition coefficient (Wildman–Crippen LogP) is 1.17. The molecule has 0 aromatic rings. The van der Waals surface area contributed by atoms with Gasteiger partial charge in [0.05, 0.1) is 18.8 Å². The van der Waals surface area contributed by atoms with Gasteiger partial charge in [-0.05, 0) is 20.8 Å². The highest BCUT2D eigenvalue weighted by molar-refractivity contribution is 5.74. The summed E-state index contributed by atoms with van der Waals surface area (Å²) in [5.41, 5.74) is 0. The van der Waals surface area contributed by atoms with Crippen LogP contribution in [0.4, 0.5) is 4.79 Å². The van der Waals surface area contributed by atoms with Crippen molar-refractivity contribution in [3.05, 3.63) is 0 Å². The third-order valence-corrected chi connectivity index (χ3v) is 2.93. The second-order valence-corrected chi connectivity index (χ2v) is 3.81. The fraction of sp³-hybridized carbons (Fsp3) is 0.900. The van der Waals surface area contributed by atoms with E-state index in [4.69, 9.17) is 4.74 Å². The highest BCUT2D eigenvalue weighted by Gasteiger charge is 2.30. The first-order valence-corrected chi connectivity index (χ1v) is 5.21. The van der Waals surface area contributed by atoms with Crippen molar-refractivity contribution in [2.45, 2.75) is 32.9 Å². The number of hydrogen-bond donors (Lipinski definition) is 0. The van der Waals surface area contributed by atoms with Crippen LogP contribution in [0.2, 0.25) is 0 Å². The number of carbonyl (C=O) groups excluding carboxylic acids is 1. The van der Waals surface area contributed by atoms with Crippen molar-refractivity contribution in [2.75, 3.05) is 26.7 Å². The lowest BCUT2D eigenvalue weighted by Crippen LogP contribution is -2.54. The van der Waals surface area contributed by atoms with Gasteiger partial charge >= 0.3 is 6.03 Å². The molecular weight excluding hydrogens is 180 g/mol. The fourth-order valence-corrected chi connectivity index (χ4v) is 1.56. The predicted molar refractivity (Wildman–Crippen MR) is 55.3 cm³/mol. The topological polar surface area (TPSA) is 32.8 Å². The minimum Gasteiger partial charge on any atom is -0.375 e. The van der Waals surface area contributed by atoms with Gasteiger partial charge in [0.25, 0.3) is 0 Å². The molecule has 82 valence electrons. The van der Waals surface area contributed by atoms with Gasteiger partial charge < -0.3 is 14.5 Å². The highest BCUT2D eigenvalue weighted by Crippen LogP contribution is 2.14. The summed E-state index contributed by atoms with van der Waals surface area (Å²) in [6.07, 6.45) is 0.137. The standard InChI is InChI=1S/C10H20N2O2/c1-5-11(4)10(13)12-6-7-14-9(3)8(12)2/h8-9H,5-7H2,1-4H3. The maximum Gasteiger partial charge on any atom is 0.320 e. The van der Waals surface area contributed by atoms with Crippen molar-refractivity contribution in [2.24, 2.45) is 0 Å². The van der Waals surface area contributed by atoms with Gasteiger partial charge in [0, 0.05) is 20.1 Å². The second kappa shape index (κ2) is 4.64. The van der Waals surface area contributed by atoms with E-state index in [-0.39, 0.29) is 18.2 Å². The van der Waals surface area contributed by atoms with E-state index >= 15 is 0 Å². The van der Waals surface area contributed by atoms with Gasteiger partial charge in [-0.25, -0.2) is 4.79 Å². The zero-order chi connectivity index (χ0) is 10.7. The monoisotopic (exact) mass is 200 g/mol. The molecule has 2 unspecified atom stereocenters. The molecule has 0 N–H and O–H groups in total. The van der Waals surface area contributed by atoms with Crippen LogP contribution in [0.5, 0.6) is 0 Å². The van der Waals surface area contributed by atoms with E-state index in [1.807, 2.05) is 32.7 Å². The lowest BCUT2D eigenvalue weighted by molar-refractivity contribution is -0.0418. The van der Waals surface area contributed by atoms with Crippen LogP contribution in [0.1, 0.15) is 20.8 Å². The molecule has 1 fully saturated rings. The largest absolute Gasteiger partial charge is 0.375 e. The minimum atomic E-state index is 0.107. The summed E-state index contributed by atoms with van der Waals surface area (Å²) in [4.78, 5) is 15.5. The summed E-state index contributed by atoms with van der Waals surface area (Å²) in [6, 6.07) is 0.278. The van der Waals surface area contributed by atoms with Crippen molar-refractivity contribution in [1.29, 1.82) is 0 Å². The summed E-state index contributed by atoms with van der Waals surface area (Å²) in [6.45, 7) is 8.12. The van der Waals surface area contributed by atoms with Crippen molar-refractivity contribution in [3.8, 4) is 0 Å². The van der Waals surface area contributed by atoms with Crippen molar-refractivity contribution in [1.82, 2.24) is 9.80 Å². The third kappa shape index (κ3) is 2.18. The molecule has 0 radical (unpaired) electrons. The summed E-state index contributed by atoms with van der Waals surface area (Å²) in [7, 11) is 1.83. The number of urea groups is 1. The highest BCUT2D eigenvalue weighted by atomic mass is 16.5. The minimum absolute atomic E-state index is 0.107. The number of rotatable bonds is 1. The van der Waals surface area contributed by atoms with Crippen LogP contribution in [0.3, 0.4) is 0 Å². The molecule has 0 bridgehead atoms. The number of carbonyl (C=O) groups is 1. The van der Waals surface area contributed by atoms with Gasteiger partial charge in [-0.3, -0.25) is 0 Å². The van der Waals surface area contributed by atoms with E-state index in [9.17, 15) is 4.79 Å². The molecule has 14 heavy (non-hydrogen) atoms. The van der Waals surface area contributed by atoms with E-state index < -0.39 is 0 Å². The normalized spacial score (nSPS) is 27.6. The smallest absolute Gasteiger partial charge is 0.320 e. The summed E-state index contributed by atoms with van der Waals surface area (Å²) in [5, 5.41) is 0. The summed E-state index contributed by atoms with van der Waals surface area (Å²) in [5.74, 6) is 0. The van der Waals surface area contributed by atoms with Crippen LogP contribution in [-0.4, -0.2) is 54.7 Å². The van der Waals surface area contributed by atoms with Crippen LogP contribution in [-0.2, 0) is 4.74 Å². The maximum absolute atomic E-state index is 11.9. The molecule has 1 heterocycles. The van der Waals surface area contributed by atoms with E-state index in [1.165, 1.54) is 0 Å². The Hall–Kier alpha value is -0.770. The molecule has 4 heteroatoms. The van der Waals surface area contributed by atoms with Gasteiger partial charge in [-0.15, -0.1) is 0 Å². The molecule has 4 nitrogen and oxygen atoms in total. The molecule has 0 aromatic heterocycles. The van der Waals surface area contributed by atoms with Gasteiger partial charge in [0.15, 0.2) is 0 Å². The van der Waals surface area contributed by atoms with Crippen molar-refractivity contribution in [3.63, 3.8) is 0 Å². The Bertz CT molecular complexity index is 208. The van der Waals surface area contributed by atoms with E-state index in [0.29, 0.717) is 13.2 Å². The van der Waals surface area contributed by atoms with Crippen LogP contribution in [0.25, 0.3) is 0 Å². The number of morpholine rings is 1. The Labute approximate surface area is 85.8 Å². The average Bonchev–Trinajstić information content (AvgIpc) is 2.20. The molecule has 2 amide bonds. The van der Waals surface area contributed by atoms with Gasteiger partial charge in [-0.2, -0.15) is 0 Å². The van der Waals surface area contributed by atoms with Crippen molar-refractivity contribution < 1.29 is 9.53 Å². The first-order chi connectivity index (χ1) is 6.57. The van der Waals surface area contributed by atoms with Crippen LogP contribution < -0.4 is 0 Å². The van der Waals surface area contributed by atoms with Gasteiger partial charge in [0.2, 0.25) is 0 Å². The zero-order valence-electron chi connectivity index (χ0n) is 9.49. The first kappa shape index (κ1) is 11.3. The Balaban J connectivity index is 2.62. The lowest BCUT2D eigenvalue weighted by atomic mass is 10.1. The Morgan fingerprint density at radius 3 is 2.79 bits per heavy atom. The Morgan fingerprint density at radius 1 is 1.57 bits per heavy atom. The zero-order valence-corrected chi connectivity index (χ0v) is 9.49. The molecular formula is C10H20N2O2. The van der Waals surface area contributed by atoms with Crippen molar-refractivity contribution >= 4 is 6.03 Å². The fourth-order valence-electron chi connectivity index (χ4n) is 1.56. The van der Waals surface area contributed by atoms with Gasteiger partial charge in [0.1, 0.15) is 0 Å². The molecule has 0 saturated carbocycles. The number of amides is 2. The molecule has 0 spiro atoms. The van der Waals surface area contributed by atoms with E-state index in [1.54, 1.807) is 4.90 Å². The summed E-state index contributed by atoms with van der Waals surface area (Å²) < 4.78 is 5.47. The Morgan fingerprint density at radius 2 is 2.21 bits per heavy atom. The molecule has 2 atom stereocenters. The number of nitrogens with zero attached hydrogens (tertiary/aromatic N) is 2. The maximum atomic E-state index is 11.9. The van der Waals surface area contributed by atoms with E-state index in [0.717, 1.165) is 6.54 Å². The first-order valence-electron chi connectivity index (χ1n) is 5.21. The van der Waals surface area contributed by atoms with Gasteiger partial charge in [-0.1, -0.05) is 0 Å². The second-order valence-electron chi connectivity index (χ2n) is 3.81. The third-order valence-electron chi connectivity index (χ3n) is 2.93. The number of ether oxygens (including phenoxy) is 1. The lowest BCUT2D eigenvalue weighted by Gasteiger charge is -2.39. The SMILES string of the molecule is CCN(C)C(=O)N1CCOC(C)C1C. The molecule has 1 aliphatic rings. The van der Waals surface area contributed by atoms with Crippen LogP contribution in [0.15, 0.2) is 0 Å². The molecule has 0 aliphatic carbocycles. The average molecular weight is 200 g/mol. The summed E-state index contributed by atoms with van der Waals surface area (Å²) >= 11 is 0. The van der Waals surface area contributed by atoms with Crippen LogP contribution in [0, 0.1) is 0 Å². The molecule has 1 rings (SSSR count). The molecule has 1 aliphatic heterocycles. The quantitative estimate of drug-likeness (QED) is 0.636. The Kier molecular flexibility index (Phi) is 3.75.